The Labute approximate surface area is 101 Å². The van der Waals surface area contributed by atoms with Crippen molar-refractivity contribution in [2.45, 2.75) is 60.0 Å². The summed E-state index contributed by atoms with van der Waals surface area (Å²) in [6.07, 6.45) is 2.29. The van der Waals surface area contributed by atoms with Crippen molar-refractivity contribution >= 4 is 0 Å². The molecular weight excluding hydrogens is 200 g/mol. The molecule has 3 atom stereocenters. The van der Waals surface area contributed by atoms with E-state index in [4.69, 9.17) is 9.84 Å². The van der Waals surface area contributed by atoms with Gasteiger partial charge in [0.05, 0.1) is 5.60 Å². The third-order valence-corrected chi connectivity index (χ3v) is 2.72. The minimum atomic E-state index is -0.0319. The van der Waals surface area contributed by atoms with Crippen molar-refractivity contribution in [3.8, 4) is 0 Å². The Bertz CT molecular complexity index is 172. The van der Waals surface area contributed by atoms with Crippen LogP contribution in [0, 0.1) is 17.8 Å². The summed E-state index contributed by atoms with van der Waals surface area (Å²) in [5.41, 5.74) is -0.0319. The van der Waals surface area contributed by atoms with Crippen LogP contribution in [-0.2, 0) is 4.74 Å². The monoisotopic (exact) mass is 230 g/mol. The van der Waals surface area contributed by atoms with Gasteiger partial charge >= 0.3 is 0 Å². The summed E-state index contributed by atoms with van der Waals surface area (Å²) < 4.78 is 5.77. The second-order valence-corrected chi connectivity index (χ2v) is 6.39. The predicted molar refractivity (Wildman–Crippen MR) is 69.5 cm³/mol. The van der Waals surface area contributed by atoms with E-state index in [1.807, 2.05) is 0 Å². The highest BCUT2D eigenvalue weighted by molar-refractivity contribution is 4.65. The van der Waals surface area contributed by atoms with Crippen molar-refractivity contribution in [3.05, 3.63) is 0 Å². The molecular formula is C14H30O2. The highest BCUT2D eigenvalue weighted by Gasteiger charge is 2.15. The normalized spacial score (nSPS) is 18.2. The van der Waals surface area contributed by atoms with Gasteiger partial charge in [0.1, 0.15) is 0 Å². The first-order chi connectivity index (χ1) is 7.24. The zero-order chi connectivity index (χ0) is 12.8. The van der Waals surface area contributed by atoms with Crippen molar-refractivity contribution in [2.24, 2.45) is 17.8 Å². The quantitative estimate of drug-likeness (QED) is 0.725. The van der Waals surface area contributed by atoms with Gasteiger partial charge in [-0.25, -0.2) is 0 Å². The number of hydrogen-bond acceptors (Lipinski definition) is 2. The average molecular weight is 230 g/mol. The van der Waals surface area contributed by atoms with Crippen LogP contribution in [0.15, 0.2) is 0 Å². The van der Waals surface area contributed by atoms with Crippen molar-refractivity contribution in [3.63, 3.8) is 0 Å². The maximum atomic E-state index is 9.00. The third-order valence-electron chi connectivity index (χ3n) is 2.72. The molecule has 1 N–H and O–H groups in total. The average Bonchev–Trinajstić information content (AvgIpc) is 2.13. The SMILES string of the molecule is C[C@@H](C[C@H](C)CO)C[C@H](C)COC(C)(C)C. The van der Waals surface area contributed by atoms with Gasteiger partial charge in [-0.15, -0.1) is 0 Å². The Morgan fingerprint density at radius 3 is 1.88 bits per heavy atom. The maximum Gasteiger partial charge on any atom is 0.0598 e. The summed E-state index contributed by atoms with van der Waals surface area (Å²) in [5, 5.41) is 9.00. The molecule has 0 bridgehead atoms. The second-order valence-electron chi connectivity index (χ2n) is 6.39. The van der Waals surface area contributed by atoms with Gasteiger partial charge in [-0.3, -0.25) is 0 Å². The smallest absolute Gasteiger partial charge is 0.0598 e. The standard InChI is InChI=1S/C14H30O2/c1-11(7-12(2)9-15)8-13(3)10-16-14(4,5)6/h11-13,15H,7-10H2,1-6H3/t11-,12-,13-/m0/s1. The molecule has 0 saturated carbocycles. The van der Waals surface area contributed by atoms with E-state index < -0.39 is 0 Å². The van der Waals surface area contributed by atoms with E-state index in [1.165, 1.54) is 6.42 Å². The summed E-state index contributed by atoms with van der Waals surface area (Å²) in [7, 11) is 0. The zero-order valence-electron chi connectivity index (χ0n) is 11.9. The van der Waals surface area contributed by atoms with Crippen LogP contribution in [0.1, 0.15) is 54.4 Å². The van der Waals surface area contributed by atoms with Crippen LogP contribution in [-0.4, -0.2) is 23.9 Å². The van der Waals surface area contributed by atoms with E-state index >= 15 is 0 Å². The second kappa shape index (κ2) is 7.29. The van der Waals surface area contributed by atoms with E-state index in [2.05, 4.69) is 41.5 Å². The Kier molecular flexibility index (Phi) is 7.25. The highest BCUT2D eigenvalue weighted by atomic mass is 16.5. The fraction of sp³-hybridized carbons (Fsp3) is 1.00. The number of aliphatic hydroxyl groups excluding tert-OH is 1. The third kappa shape index (κ3) is 9.17. The maximum absolute atomic E-state index is 9.00. The lowest BCUT2D eigenvalue weighted by Gasteiger charge is -2.24. The van der Waals surface area contributed by atoms with Crippen LogP contribution in [0.2, 0.25) is 0 Å². The fourth-order valence-corrected chi connectivity index (χ4v) is 2.00. The Balaban J connectivity index is 3.74. The van der Waals surface area contributed by atoms with Crippen LogP contribution in [0.5, 0.6) is 0 Å². The molecule has 0 aliphatic heterocycles. The molecule has 0 fully saturated rings. The number of ether oxygens (including phenoxy) is 1. The molecule has 0 spiro atoms. The molecule has 0 radical (unpaired) electrons. The lowest BCUT2D eigenvalue weighted by atomic mass is 9.90. The number of rotatable bonds is 7. The minimum absolute atomic E-state index is 0.0319. The van der Waals surface area contributed by atoms with Crippen molar-refractivity contribution < 1.29 is 9.84 Å². The van der Waals surface area contributed by atoms with E-state index in [0.717, 1.165) is 13.0 Å². The van der Waals surface area contributed by atoms with E-state index in [-0.39, 0.29) is 5.60 Å². The van der Waals surface area contributed by atoms with Gasteiger partial charge in [0.25, 0.3) is 0 Å². The van der Waals surface area contributed by atoms with Gasteiger partial charge in [0.15, 0.2) is 0 Å². The lowest BCUT2D eigenvalue weighted by Crippen LogP contribution is -2.23. The first-order valence-corrected chi connectivity index (χ1v) is 6.49. The first-order valence-electron chi connectivity index (χ1n) is 6.49. The van der Waals surface area contributed by atoms with Gasteiger partial charge in [-0.2, -0.15) is 0 Å². The molecule has 0 aromatic heterocycles. The molecule has 0 aliphatic carbocycles. The zero-order valence-corrected chi connectivity index (χ0v) is 11.9. The van der Waals surface area contributed by atoms with E-state index in [1.54, 1.807) is 0 Å². The molecule has 0 unspecified atom stereocenters. The molecule has 0 amide bonds. The Hall–Kier alpha value is -0.0800. The molecule has 0 heterocycles. The van der Waals surface area contributed by atoms with Gasteiger partial charge in [-0.05, 0) is 51.4 Å². The number of aliphatic hydroxyl groups is 1. The molecule has 0 aliphatic rings. The summed E-state index contributed by atoms with van der Waals surface area (Å²) >= 11 is 0. The molecule has 2 heteroatoms. The molecule has 2 nitrogen and oxygen atoms in total. The largest absolute Gasteiger partial charge is 0.396 e. The molecule has 0 aromatic rings. The van der Waals surface area contributed by atoms with Crippen LogP contribution < -0.4 is 0 Å². The Morgan fingerprint density at radius 1 is 0.938 bits per heavy atom. The number of hydrogen-bond donors (Lipinski definition) is 1. The first kappa shape index (κ1) is 15.9. The van der Waals surface area contributed by atoms with Gasteiger partial charge in [0.2, 0.25) is 0 Å². The predicted octanol–water partition coefficient (Wildman–Crippen LogP) is 3.48. The van der Waals surface area contributed by atoms with Gasteiger partial charge in [-0.1, -0.05) is 20.8 Å². The molecule has 0 rings (SSSR count). The van der Waals surface area contributed by atoms with Crippen LogP contribution in [0.3, 0.4) is 0 Å². The summed E-state index contributed by atoms with van der Waals surface area (Å²) in [6, 6.07) is 0. The molecule has 16 heavy (non-hydrogen) atoms. The van der Waals surface area contributed by atoms with Crippen molar-refractivity contribution in [2.75, 3.05) is 13.2 Å². The van der Waals surface area contributed by atoms with E-state index in [0.29, 0.717) is 24.4 Å². The summed E-state index contributed by atoms with van der Waals surface area (Å²) in [5.74, 6) is 1.69. The minimum Gasteiger partial charge on any atom is -0.396 e. The molecule has 0 aromatic carbocycles. The van der Waals surface area contributed by atoms with Crippen LogP contribution in [0.4, 0.5) is 0 Å². The highest BCUT2D eigenvalue weighted by Crippen LogP contribution is 2.21. The van der Waals surface area contributed by atoms with Gasteiger partial charge in [0, 0.05) is 13.2 Å². The fourth-order valence-electron chi connectivity index (χ4n) is 2.00. The molecule has 98 valence electrons. The van der Waals surface area contributed by atoms with E-state index in [9.17, 15) is 0 Å². The van der Waals surface area contributed by atoms with Crippen molar-refractivity contribution in [1.29, 1.82) is 0 Å². The van der Waals surface area contributed by atoms with Gasteiger partial charge < -0.3 is 9.84 Å². The Morgan fingerprint density at radius 2 is 1.44 bits per heavy atom. The topological polar surface area (TPSA) is 29.5 Å². The van der Waals surface area contributed by atoms with Crippen LogP contribution in [0.25, 0.3) is 0 Å². The summed E-state index contributed by atoms with van der Waals surface area (Å²) in [4.78, 5) is 0. The summed E-state index contributed by atoms with van der Waals surface area (Å²) in [6.45, 7) is 14.0. The van der Waals surface area contributed by atoms with Crippen molar-refractivity contribution in [1.82, 2.24) is 0 Å². The van der Waals surface area contributed by atoms with Crippen LogP contribution >= 0.6 is 0 Å². The molecule has 0 saturated heterocycles. The lowest BCUT2D eigenvalue weighted by molar-refractivity contribution is -0.0230.